The number of aromatic nitrogens is 4. The summed E-state index contributed by atoms with van der Waals surface area (Å²) in [6.07, 6.45) is 4.82. The van der Waals surface area contributed by atoms with E-state index in [0.717, 1.165) is 23.0 Å². The van der Waals surface area contributed by atoms with Gasteiger partial charge in [0.2, 0.25) is 0 Å². The van der Waals surface area contributed by atoms with Crippen LogP contribution in [0.5, 0.6) is 0 Å². The molecule has 2 aromatic rings. The van der Waals surface area contributed by atoms with Gasteiger partial charge in [0.05, 0.1) is 17.8 Å². The van der Waals surface area contributed by atoms with Gasteiger partial charge in [-0.2, -0.15) is 0 Å². The van der Waals surface area contributed by atoms with Crippen LogP contribution in [0.2, 0.25) is 0 Å². The highest BCUT2D eigenvalue weighted by atomic mass is 16.2. The average molecular weight is 325 g/mol. The van der Waals surface area contributed by atoms with Crippen molar-refractivity contribution in [2.75, 3.05) is 7.05 Å². The van der Waals surface area contributed by atoms with E-state index < -0.39 is 0 Å². The second kappa shape index (κ2) is 5.69. The van der Waals surface area contributed by atoms with Crippen molar-refractivity contribution >= 4 is 5.91 Å². The molecule has 6 heteroatoms. The van der Waals surface area contributed by atoms with Crippen LogP contribution in [0.25, 0.3) is 0 Å². The fourth-order valence-corrected chi connectivity index (χ4v) is 3.11. The zero-order valence-corrected chi connectivity index (χ0v) is 14.5. The van der Waals surface area contributed by atoms with Crippen molar-refractivity contribution in [1.29, 1.82) is 0 Å². The molecule has 0 bridgehead atoms. The molecule has 2 saturated carbocycles. The fraction of sp³-hybridized carbons (Fsp3) is 0.556. The van der Waals surface area contributed by atoms with E-state index in [4.69, 9.17) is 0 Å². The number of hydrogen-bond donors (Lipinski definition) is 0. The first-order chi connectivity index (χ1) is 11.5. The molecule has 0 N–H and O–H groups in total. The molecule has 0 radical (unpaired) electrons. The minimum Gasteiger partial charge on any atom is -0.334 e. The van der Waals surface area contributed by atoms with E-state index in [2.05, 4.69) is 15.2 Å². The predicted molar refractivity (Wildman–Crippen MR) is 89.7 cm³/mol. The lowest BCUT2D eigenvalue weighted by atomic mass is 10.1. The van der Waals surface area contributed by atoms with Gasteiger partial charge in [-0.1, -0.05) is 0 Å². The Labute approximate surface area is 141 Å². The number of aryl methyl sites for hydroxylation is 1. The Morgan fingerprint density at radius 3 is 2.54 bits per heavy atom. The molecule has 0 aromatic carbocycles. The van der Waals surface area contributed by atoms with Crippen molar-refractivity contribution in [1.82, 2.24) is 24.6 Å². The van der Waals surface area contributed by atoms with Gasteiger partial charge in [-0.3, -0.25) is 9.78 Å². The lowest BCUT2D eigenvalue weighted by molar-refractivity contribution is 0.0779. The van der Waals surface area contributed by atoms with Gasteiger partial charge < -0.3 is 9.47 Å². The van der Waals surface area contributed by atoms with Crippen LogP contribution >= 0.6 is 0 Å². The first-order valence-electron chi connectivity index (χ1n) is 8.65. The molecule has 2 aliphatic rings. The van der Waals surface area contributed by atoms with Gasteiger partial charge in [-0.15, -0.1) is 10.2 Å². The maximum absolute atomic E-state index is 12.8. The quantitative estimate of drug-likeness (QED) is 0.847. The van der Waals surface area contributed by atoms with Crippen molar-refractivity contribution in [2.24, 2.45) is 7.05 Å². The maximum atomic E-state index is 12.8. The Hall–Kier alpha value is -2.24. The number of nitrogens with zero attached hydrogens (tertiary/aromatic N) is 5. The van der Waals surface area contributed by atoms with Crippen molar-refractivity contribution in [3.63, 3.8) is 0 Å². The van der Waals surface area contributed by atoms with Gasteiger partial charge in [-0.05, 0) is 44.7 Å². The first-order valence-corrected chi connectivity index (χ1v) is 8.65. The van der Waals surface area contributed by atoms with Crippen molar-refractivity contribution in [3.8, 4) is 0 Å². The molecule has 4 rings (SSSR count). The smallest absolute Gasteiger partial charge is 0.255 e. The van der Waals surface area contributed by atoms with Gasteiger partial charge in [0.15, 0.2) is 5.82 Å². The molecule has 2 aromatic heterocycles. The number of carbonyl (C=O) groups excluding carboxylic acids is 1. The summed E-state index contributed by atoms with van der Waals surface area (Å²) in [4.78, 5) is 19.1. The lowest BCUT2D eigenvalue weighted by Crippen LogP contribution is -2.28. The summed E-state index contributed by atoms with van der Waals surface area (Å²) in [6.45, 7) is 2.37. The molecule has 2 heterocycles. The van der Waals surface area contributed by atoms with Crippen LogP contribution in [0.3, 0.4) is 0 Å². The van der Waals surface area contributed by atoms with E-state index in [1.54, 1.807) is 4.90 Å². The number of pyridine rings is 1. The van der Waals surface area contributed by atoms with Crippen molar-refractivity contribution < 1.29 is 4.79 Å². The minimum absolute atomic E-state index is 0.0154. The van der Waals surface area contributed by atoms with E-state index in [0.29, 0.717) is 23.9 Å². The van der Waals surface area contributed by atoms with E-state index >= 15 is 0 Å². The Kier molecular flexibility index (Phi) is 3.62. The summed E-state index contributed by atoms with van der Waals surface area (Å²) in [5.41, 5.74) is 2.61. The standard InChI is InChI=1S/C18H23N5O/c1-11-14(8-9-15(19-11)12-4-5-12)18(24)22(2)10-16-20-21-17(23(16)3)13-6-7-13/h8-9,12-13H,4-7,10H2,1-3H3. The summed E-state index contributed by atoms with van der Waals surface area (Å²) >= 11 is 0. The van der Waals surface area contributed by atoms with Crippen LogP contribution in [-0.2, 0) is 13.6 Å². The highest BCUT2D eigenvalue weighted by Gasteiger charge is 2.30. The normalized spacial score (nSPS) is 17.1. The molecule has 6 nitrogen and oxygen atoms in total. The third kappa shape index (κ3) is 2.81. The summed E-state index contributed by atoms with van der Waals surface area (Å²) in [5, 5.41) is 8.55. The minimum atomic E-state index is -0.0154. The van der Waals surface area contributed by atoms with Crippen LogP contribution in [0.1, 0.15) is 70.9 Å². The largest absolute Gasteiger partial charge is 0.334 e. The number of hydrogen-bond acceptors (Lipinski definition) is 4. The molecular formula is C18H23N5O. The SMILES string of the molecule is Cc1nc(C2CC2)ccc1C(=O)N(C)Cc1nnc(C2CC2)n1C. The zero-order chi connectivity index (χ0) is 16.8. The van der Waals surface area contributed by atoms with E-state index in [-0.39, 0.29) is 5.91 Å². The Bertz CT molecular complexity index is 789. The summed E-state index contributed by atoms with van der Waals surface area (Å²) in [5.74, 6) is 3.01. The van der Waals surface area contributed by atoms with Crippen LogP contribution in [0.15, 0.2) is 12.1 Å². The van der Waals surface area contributed by atoms with E-state index in [1.165, 1.54) is 25.7 Å². The molecule has 0 saturated heterocycles. The molecule has 1 amide bonds. The Morgan fingerprint density at radius 1 is 1.21 bits per heavy atom. The summed E-state index contributed by atoms with van der Waals surface area (Å²) in [6, 6.07) is 3.92. The summed E-state index contributed by atoms with van der Waals surface area (Å²) in [7, 11) is 3.79. The van der Waals surface area contributed by atoms with Crippen LogP contribution in [0, 0.1) is 6.92 Å². The Morgan fingerprint density at radius 2 is 1.92 bits per heavy atom. The summed E-state index contributed by atoms with van der Waals surface area (Å²) < 4.78 is 2.03. The molecule has 0 unspecified atom stereocenters. The van der Waals surface area contributed by atoms with E-state index in [9.17, 15) is 4.79 Å². The monoisotopic (exact) mass is 325 g/mol. The molecule has 0 atom stereocenters. The van der Waals surface area contributed by atoms with Crippen LogP contribution < -0.4 is 0 Å². The highest BCUT2D eigenvalue weighted by molar-refractivity contribution is 5.95. The van der Waals surface area contributed by atoms with E-state index in [1.807, 2.05) is 37.7 Å². The molecule has 2 aliphatic carbocycles. The van der Waals surface area contributed by atoms with Crippen LogP contribution in [-0.4, -0.2) is 37.6 Å². The van der Waals surface area contributed by atoms with Crippen molar-refractivity contribution in [2.45, 2.75) is 51.0 Å². The topological polar surface area (TPSA) is 63.9 Å². The van der Waals surface area contributed by atoms with Gasteiger partial charge in [0.1, 0.15) is 5.82 Å². The second-order valence-electron chi connectivity index (χ2n) is 7.11. The molecule has 24 heavy (non-hydrogen) atoms. The molecular weight excluding hydrogens is 302 g/mol. The van der Waals surface area contributed by atoms with Crippen LogP contribution in [0.4, 0.5) is 0 Å². The predicted octanol–water partition coefficient (Wildman–Crippen LogP) is 2.55. The fourth-order valence-electron chi connectivity index (χ4n) is 3.11. The Balaban J connectivity index is 1.49. The molecule has 2 fully saturated rings. The van der Waals surface area contributed by atoms with Crippen molar-refractivity contribution in [3.05, 3.63) is 40.7 Å². The lowest BCUT2D eigenvalue weighted by Gasteiger charge is -2.18. The molecule has 0 spiro atoms. The number of carbonyl (C=O) groups is 1. The second-order valence-corrected chi connectivity index (χ2v) is 7.11. The van der Waals surface area contributed by atoms with Gasteiger partial charge in [0, 0.05) is 31.6 Å². The van der Waals surface area contributed by atoms with Gasteiger partial charge >= 0.3 is 0 Å². The number of rotatable bonds is 5. The molecule has 126 valence electrons. The maximum Gasteiger partial charge on any atom is 0.255 e. The third-order valence-corrected chi connectivity index (χ3v) is 5.00. The average Bonchev–Trinajstić information content (AvgIpc) is 3.46. The van der Waals surface area contributed by atoms with Gasteiger partial charge in [-0.25, -0.2) is 0 Å². The number of amides is 1. The van der Waals surface area contributed by atoms with Gasteiger partial charge in [0.25, 0.3) is 5.91 Å². The first kappa shape index (κ1) is 15.3. The highest BCUT2D eigenvalue weighted by Crippen LogP contribution is 2.39. The third-order valence-electron chi connectivity index (χ3n) is 5.00. The zero-order valence-electron chi connectivity index (χ0n) is 14.5. The molecule has 0 aliphatic heterocycles.